The van der Waals surface area contributed by atoms with Crippen molar-refractivity contribution in [1.29, 1.82) is 0 Å². The maximum Gasteiger partial charge on any atom is 0.307 e. The molecule has 1 atom stereocenters. The van der Waals surface area contributed by atoms with E-state index in [1.807, 2.05) is 0 Å². The molecule has 0 aliphatic carbocycles. The van der Waals surface area contributed by atoms with Crippen molar-refractivity contribution in [2.24, 2.45) is 5.92 Å². The quantitative estimate of drug-likeness (QED) is 0.623. The van der Waals surface area contributed by atoms with Gasteiger partial charge in [-0.15, -0.1) is 0 Å². The van der Waals surface area contributed by atoms with E-state index in [9.17, 15) is 9.59 Å². The number of hydrogen-bond acceptors (Lipinski definition) is 4. The summed E-state index contributed by atoms with van der Waals surface area (Å²) in [6.07, 6.45) is 3.19. The van der Waals surface area contributed by atoms with Gasteiger partial charge in [0.2, 0.25) is 0 Å². The molecule has 0 spiro atoms. The van der Waals surface area contributed by atoms with E-state index < -0.39 is 17.9 Å². The van der Waals surface area contributed by atoms with Gasteiger partial charge in [0.05, 0.1) is 5.92 Å². The lowest BCUT2D eigenvalue weighted by Gasteiger charge is -2.26. The van der Waals surface area contributed by atoms with Crippen molar-refractivity contribution >= 4 is 11.9 Å². The number of carboxylic acids is 2. The minimum absolute atomic E-state index is 0.141. The summed E-state index contributed by atoms with van der Waals surface area (Å²) in [6, 6.07) is 0. The molecule has 116 valence electrons. The van der Waals surface area contributed by atoms with Gasteiger partial charge >= 0.3 is 11.9 Å². The Labute approximate surface area is 120 Å². The zero-order valence-corrected chi connectivity index (χ0v) is 12.3. The molecule has 1 saturated heterocycles. The number of aliphatic carboxylic acids is 2. The van der Waals surface area contributed by atoms with Crippen LogP contribution in [0.4, 0.5) is 0 Å². The molecule has 0 radical (unpaired) electrons. The number of hydrogen-bond donors (Lipinski definition) is 2. The SMILES string of the molecule is CC(CN(CCCC(=O)O)CCN1CCCC1)C(=O)O. The van der Waals surface area contributed by atoms with Gasteiger partial charge in [0.1, 0.15) is 0 Å². The number of carbonyl (C=O) groups is 2. The van der Waals surface area contributed by atoms with E-state index in [-0.39, 0.29) is 6.42 Å². The van der Waals surface area contributed by atoms with Crippen LogP contribution in [0.5, 0.6) is 0 Å². The molecule has 1 aliphatic rings. The van der Waals surface area contributed by atoms with Crippen molar-refractivity contribution in [1.82, 2.24) is 9.80 Å². The first kappa shape index (κ1) is 16.9. The minimum atomic E-state index is -0.797. The molecular weight excluding hydrogens is 260 g/mol. The first-order valence-corrected chi connectivity index (χ1v) is 7.38. The first-order valence-electron chi connectivity index (χ1n) is 7.38. The lowest BCUT2D eigenvalue weighted by Crippen LogP contribution is -2.38. The van der Waals surface area contributed by atoms with Crippen molar-refractivity contribution in [2.45, 2.75) is 32.6 Å². The van der Waals surface area contributed by atoms with Crippen molar-refractivity contribution < 1.29 is 19.8 Å². The van der Waals surface area contributed by atoms with Crippen molar-refractivity contribution in [2.75, 3.05) is 39.3 Å². The highest BCUT2D eigenvalue weighted by molar-refractivity contribution is 5.69. The molecule has 20 heavy (non-hydrogen) atoms. The van der Waals surface area contributed by atoms with Gasteiger partial charge in [0.15, 0.2) is 0 Å². The van der Waals surface area contributed by atoms with Crippen molar-refractivity contribution in [3.8, 4) is 0 Å². The Morgan fingerprint density at radius 1 is 1.20 bits per heavy atom. The van der Waals surface area contributed by atoms with Crippen LogP contribution < -0.4 is 0 Å². The van der Waals surface area contributed by atoms with Gasteiger partial charge in [-0.05, 0) is 38.9 Å². The molecule has 1 rings (SSSR count). The van der Waals surface area contributed by atoms with Crippen LogP contribution in [0.25, 0.3) is 0 Å². The van der Waals surface area contributed by atoms with E-state index in [1.165, 1.54) is 12.8 Å². The highest BCUT2D eigenvalue weighted by Gasteiger charge is 2.18. The molecule has 1 heterocycles. The first-order chi connectivity index (χ1) is 9.49. The van der Waals surface area contributed by atoms with E-state index >= 15 is 0 Å². The molecule has 0 aromatic heterocycles. The molecule has 0 bridgehead atoms. The zero-order chi connectivity index (χ0) is 15.0. The molecule has 2 N–H and O–H groups in total. The fourth-order valence-electron chi connectivity index (χ4n) is 2.50. The van der Waals surface area contributed by atoms with Gasteiger partial charge in [-0.25, -0.2) is 0 Å². The number of carboxylic acid groups (broad SMARTS) is 2. The second-order valence-electron chi connectivity index (χ2n) is 5.59. The smallest absolute Gasteiger partial charge is 0.307 e. The summed E-state index contributed by atoms with van der Waals surface area (Å²) < 4.78 is 0. The molecule has 1 fully saturated rings. The highest BCUT2D eigenvalue weighted by Crippen LogP contribution is 2.08. The van der Waals surface area contributed by atoms with Gasteiger partial charge < -0.3 is 20.0 Å². The topological polar surface area (TPSA) is 81.1 Å². The van der Waals surface area contributed by atoms with E-state index in [0.29, 0.717) is 19.5 Å². The summed E-state index contributed by atoms with van der Waals surface area (Å²) in [5.74, 6) is -2.01. The van der Waals surface area contributed by atoms with Gasteiger partial charge in [-0.2, -0.15) is 0 Å². The van der Waals surface area contributed by atoms with E-state index in [1.54, 1.807) is 6.92 Å². The van der Waals surface area contributed by atoms with Crippen LogP contribution in [0.1, 0.15) is 32.6 Å². The summed E-state index contributed by atoms with van der Waals surface area (Å²) in [5, 5.41) is 17.7. The Balaban J connectivity index is 2.35. The highest BCUT2D eigenvalue weighted by atomic mass is 16.4. The minimum Gasteiger partial charge on any atom is -0.481 e. The normalized spacial score (nSPS) is 17.5. The van der Waals surface area contributed by atoms with Crippen molar-refractivity contribution in [3.05, 3.63) is 0 Å². The van der Waals surface area contributed by atoms with Gasteiger partial charge in [-0.1, -0.05) is 6.92 Å². The average molecular weight is 286 g/mol. The van der Waals surface area contributed by atoms with Crippen LogP contribution >= 0.6 is 0 Å². The molecule has 1 aliphatic heterocycles. The third kappa shape index (κ3) is 6.86. The number of rotatable bonds is 10. The van der Waals surface area contributed by atoms with Crippen LogP contribution in [0, 0.1) is 5.92 Å². The second-order valence-corrected chi connectivity index (χ2v) is 5.59. The Hall–Kier alpha value is -1.14. The van der Waals surface area contributed by atoms with Gasteiger partial charge in [-0.3, -0.25) is 9.59 Å². The maximum atomic E-state index is 10.9. The Kier molecular flexibility index (Phi) is 7.54. The van der Waals surface area contributed by atoms with Crippen LogP contribution in [-0.4, -0.2) is 71.2 Å². The van der Waals surface area contributed by atoms with Crippen LogP contribution in [0.15, 0.2) is 0 Å². The standard InChI is InChI=1S/C14H26N2O4/c1-12(14(19)20)11-16(8-4-5-13(17)18)10-9-15-6-2-3-7-15/h12H,2-11H2,1H3,(H,17,18)(H,19,20). The van der Waals surface area contributed by atoms with E-state index in [2.05, 4.69) is 9.80 Å². The van der Waals surface area contributed by atoms with E-state index in [4.69, 9.17) is 10.2 Å². The summed E-state index contributed by atoms with van der Waals surface area (Å²) in [7, 11) is 0. The predicted octanol–water partition coefficient (Wildman–Crippen LogP) is 0.970. The summed E-state index contributed by atoms with van der Waals surface area (Å²) in [5.41, 5.74) is 0. The largest absolute Gasteiger partial charge is 0.481 e. The maximum absolute atomic E-state index is 10.9. The Bertz CT molecular complexity index is 316. The molecule has 0 amide bonds. The zero-order valence-electron chi connectivity index (χ0n) is 12.3. The number of likely N-dealkylation sites (tertiary alicyclic amines) is 1. The van der Waals surface area contributed by atoms with Gasteiger partial charge in [0, 0.05) is 26.1 Å². The predicted molar refractivity (Wildman–Crippen MR) is 75.8 cm³/mol. The molecular formula is C14H26N2O4. The lowest BCUT2D eigenvalue weighted by atomic mass is 10.1. The Morgan fingerprint density at radius 3 is 2.40 bits per heavy atom. The molecule has 0 aromatic rings. The van der Waals surface area contributed by atoms with Crippen molar-refractivity contribution in [3.63, 3.8) is 0 Å². The fraction of sp³-hybridized carbons (Fsp3) is 0.857. The fourth-order valence-corrected chi connectivity index (χ4v) is 2.50. The van der Waals surface area contributed by atoms with Crippen LogP contribution in [0.2, 0.25) is 0 Å². The third-order valence-electron chi connectivity index (χ3n) is 3.75. The van der Waals surface area contributed by atoms with E-state index in [0.717, 1.165) is 26.2 Å². The van der Waals surface area contributed by atoms with Crippen LogP contribution in [0.3, 0.4) is 0 Å². The molecule has 6 nitrogen and oxygen atoms in total. The molecule has 0 saturated carbocycles. The molecule has 0 aromatic carbocycles. The lowest BCUT2D eigenvalue weighted by molar-refractivity contribution is -0.142. The third-order valence-corrected chi connectivity index (χ3v) is 3.75. The summed E-state index contributed by atoms with van der Waals surface area (Å²) >= 11 is 0. The Morgan fingerprint density at radius 2 is 1.85 bits per heavy atom. The molecule has 1 unspecified atom stereocenters. The molecule has 6 heteroatoms. The monoisotopic (exact) mass is 286 g/mol. The summed E-state index contributed by atoms with van der Waals surface area (Å²) in [6.45, 7) is 6.84. The van der Waals surface area contributed by atoms with Crippen LogP contribution in [-0.2, 0) is 9.59 Å². The van der Waals surface area contributed by atoms with Gasteiger partial charge in [0.25, 0.3) is 0 Å². The number of nitrogens with zero attached hydrogens (tertiary/aromatic N) is 2. The average Bonchev–Trinajstić information content (AvgIpc) is 2.88. The summed E-state index contributed by atoms with van der Waals surface area (Å²) in [4.78, 5) is 26.0. The second kappa shape index (κ2) is 8.92.